The van der Waals surface area contributed by atoms with E-state index in [2.05, 4.69) is 20.2 Å². The summed E-state index contributed by atoms with van der Waals surface area (Å²) in [7, 11) is -3.25. The van der Waals surface area contributed by atoms with Gasteiger partial charge in [-0.15, -0.1) is 0 Å². The van der Waals surface area contributed by atoms with Gasteiger partial charge in [-0.05, 0) is 26.3 Å². The molecule has 2 rings (SSSR count). The second-order valence-electron chi connectivity index (χ2n) is 4.39. The maximum Gasteiger partial charge on any atom is 0.227 e. The minimum absolute atomic E-state index is 0.292. The van der Waals surface area contributed by atoms with E-state index in [1.807, 2.05) is 0 Å². The molecule has 2 heterocycles. The Hall–Kier alpha value is -0.990. The molecule has 18 heavy (non-hydrogen) atoms. The average Bonchev–Trinajstić information content (AvgIpc) is 2.76. The van der Waals surface area contributed by atoms with E-state index < -0.39 is 10.0 Å². The van der Waals surface area contributed by atoms with Gasteiger partial charge in [-0.2, -0.15) is 4.98 Å². The first-order chi connectivity index (χ1) is 8.58. The summed E-state index contributed by atoms with van der Waals surface area (Å²) in [5.41, 5.74) is 0. The maximum atomic E-state index is 12.0. The van der Waals surface area contributed by atoms with Crippen LogP contribution in [0.15, 0.2) is 4.52 Å². The number of piperidine rings is 1. The first-order valence-corrected chi connectivity index (χ1v) is 7.61. The molecule has 1 aliphatic heterocycles. The Balaban J connectivity index is 1.81. The molecule has 0 radical (unpaired) electrons. The van der Waals surface area contributed by atoms with E-state index >= 15 is 0 Å². The lowest BCUT2D eigenvalue weighted by Gasteiger charge is -2.22. The predicted molar refractivity (Wildman–Crippen MR) is 65.6 cm³/mol. The Morgan fingerprint density at radius 3 is 3.00 bits per heavy atom. The Kier molecular flexibility index (Phi) is 4.31. The lowest BCUT2D eigenvalue weighted by Crippen LogP contribution is -2.44. The van der Waals surface area contributed by atoms with E-state index in [1.165, 1.54) is 0 Å². The lowest BCUT2D eigenvalue weighted by atomic mass is 10.2. The SMILES string of the molecule is Cc1noc(CCNS(=O)(=O)C2CCCNC2)n1. The Morgan fingerprint density at radius 1 is 1.56 bits per heavy atom. The van der Waals surface area contributed by atoms with Crippen LogP contribution in [0.25, 0.3) is 0 Å². The second kappa shape index (κ2) is 5.77. The van der Waals surface area contributed by atoms with Gasteiger partial charge in [0.25, 0.3) is 0 Å². The zero-order valence-corrected chi connectivity index (χ0v) is 11.2. The van der Waals surface area contributed by atoms with Crippen molar-refractivity contribution in [2.75, 3.05) is 19.6 Å². The van der Waals surface area contributed by atoms with Gasteiger partial charge < -0.3 is 9.84 Å². The van der Waals surface area contributed by atoms with E-state index in [-0.39, 0.29) is 5.25 Å². The molecule has 0 aliphatic carbocycles. The number of aryl methyl sites for hydroxylation is 1. The summed E-state index contributed by atoms with van der Waals surface area (Å²) in [6.45, 7) is 3.44. The Labute approximate surface area is 106 Å². The molecular weight excluding hydrogens is 256 g/mol. The summed E-state index contributed by atoms with van der Waals surface area (Å²) in [6.07, 6.45) is 2.02. The van der Waals surface area contributed by atoms with Crippen molar-refractivity contribution in [2.45, 2.75) is 31.4 Å². The third-order valence-electron chi connectivity index (χ3n) is 2.90. The fourth-order valence-corrected chi connectivity index (χ4v) is 3.38. The minimum atomic E-state index is -3.25. The smallest absolute Gasteiger partial charge is 0.227 e. The van der Waals surface area contributed by atoms with Gasteiger partial charge in [0, 0.05) is 19.5 Å². The molecule has 1 aliphatic rings. The molecule has 8 heteroatoms. The predicted octanol–water partition coefficient (Wildman–Crippen LogP) is -0.408. The van der Waals surface area contributed by atoms with Crippen molar-refractivity contribution in [3.05, 3.63) is 11.7 Å². The first kappa shape index (κ1) is 13.4. The van der Waals surface area contributed by atoms with Crippen molar-refractivity contribution in [3.63, 3.8) is 0 Å². The molecule has 1 fully saturated rings. The fourth-order valence-electron chi connectivity index (χ4n) is 1.94. The van der Waals surface area contributed by atoms with Crippen LogP contribution in [0.4, 0.5) is 0 Å². The highest BCUT2D eigenvalue weighted by Crippen LogP contribution is 2.10. The number of nitrogens with zero attached hydrogens (tertiary/aromatic N) is 2. The van der Waals surface area contributed by atoms with E-state index in [9.17, 15) is 8.42 Å². The quantitative estimate of drug-likeness (QED) is 0.757. The molecule has 0 amide bonds. The molecule has 0 saturated carbocycles. The highest BCUT2D eigenvalue weighted by molar-refractivity contribution is 7.90. The highest BCUT2D eigenvalue weighted by Gasteiger charge is 2.26. The van der Waals surface area contributed by atoms with Crippen LogP contribution in [0.1, 0.15) is 24.6 Å². The summed E-state index contributed by atoms with van der Waals surface area (Å²) in [6, 6.07) is 0. The monoisotopic (exact) mass is 274 g/mol. The Bertz CT molecular complexity index is 479. The molecule has 7 nitrogen and oxygen atoms in total. The second-order valence-corrected chi connectivity index (χ2v) is 6.44. The normalized spacial score (nSPS) is 21.1. The summed E-state index contributed by atoms with van der Waals surface area (Å²) < 4.78 is 31.4. The van der Waals surface area contributed by atoms with Crippen LogP contribution in [0.2, 0.25) is 0 Å². The van der Waals surface area contributed by atoms with Crippen LogP contribution in [0, 0.1) is 6.92 Å². The van der Waals surface area contributed by atoms with Crippen molar-refractivity contribution in [1.82, 2.24) is 20.2 Å². The van der Waals surface area contributed by atoms with Crippen molar-refractivity contribution in [1.29, 1.82) is 0 Å². The van der Waals surface area contributed by atoms with Crippen molar-refractivity contribution in [2.24, 2.45) is 0 Å². The molecule has 102 valence electrons. The van der Waals surface area contributed by atoms with Gasteiger partial charge >= 0.3 is 0 Å². The molecule has 1 aromatic heterocycles. The van der Waals surface area contributed by atoms with E-state index in [1.54, 1.807) is 6.92 Å². The van der Waals surface area contributed by atoms with Crippen LogP contribution in [0.5, 0.6) is 0 Å². The molecule has 0 bridgehead atoms. The van der Waals surface area contributed by atoms with Gasteiger partial charge in [0.2, 0.25) is 15.9 Å². The molecule has 1 atom stereocenters. The van der Waals surface area contributed by atoms with Crippen LogP contribution >= 0.6 is 0 Å². The number of rotatable bonds is 5. The summed E-state index contributed by atoms with van der Waals surface area (Å²) in [5.74, 6) is 1.02. The van der Waals surface area contributed by atoms with Gasteiger partial charge in [0.05, 0.1) is 5.25 Å². The highest BCUT2D eigenvalue weighted by atomic mass is 32.2. The molecule has 1 aromatic rings. The Morgan fingerprint density at radius 2 is 2.39 bits per heavy atom. The summed E-state index contributed by atoms with van der Waals surface area (Å²) in [4.78, 5) is 4.02. The van der Waals surface area contributed by atoms with Crippen LogP contribution in [-0.2, 0) is 16.4 Å². The van der Waals surface area contributed by atoms with Gasteiger partial charge in [-0.3, -0.25) is 0 Å². The van der Waals surface area contributed by atoms with Crippen LogP contribution in [-0.4, -0.2) is 43.4 Å². The first-order valence-electron chi connectivity index (χ1n) is 6.06. The zero-order valence-electron chi connectivity index (χ0n) is 10.3. The number of aromatic nitrogens is 2. The molecule has 1 saturated heterocycles. The molecular formula is C10H18N4O3S. The van der Waals surface area contributed by atoms with E-state index in [0.29, 0.717) is 37.6 Å². The van der Waals surface area contributed by atoms with Gasteiger partial charge in [0.1, 0.15) is 0 Å². The third-order valence-corrected chi connectivity index (χ3v) is 4.79. The zero-order chi connectivity index (χ0) is 13.0. The van der Waals surface area contributed by atoms with Crippen molar-refractivity contribution in [3.8, 4) is 0 Å². The number of sulfonamides is 1. The van der Waals surface area contributed by atoms with E-state index in [0.717, 1.165) is 13.0 Å². The van der Waals surface area contributed by atoms with Gasteiger partial charge in [0.15, 0.2) is 5.82 Å². The molecule has 0 aromatic carbocycles. The maximum absolute atomic E-state index is 12.0. The van der Waals surface area contributed by atoms with Gasteiger partial charge in [-0.1, -0.05) is 5.16 Å². The largest absolute Gasteiger partial charge is 0.339 e. The van der Waals surface area contributed by atoms with E-state index in [4.69, 9.17) is 4.52 Å². The number of hydrogen-bond acceptors (Lipinski definition) is 6. The summed E-state index contributed by atoms with van der Waals surface area (Å²) in [5, 5.41) is 6.40. The van der Waals surface area contributed by atoms with Crippen molar-refractivity contribution < 1.29 is 12.9 Å². The fraction of sp³-hybridized carbons (Fsp3) is 0.800. The standard InChI is InChI=1S/C10H18N4O3S/c1-8-13-10(17-14-8)4-6-12-18(15,16)9-3-2-5-11-7-9/h9,11-12H,2-7H2,1H3. The van der Waals surface area contributed by atoms with Gasteiger partial charge in [-0.25, -0.2) is 13.1 Å². The molecule has 1 unspecified atom stereocenters. The van der Waals surface area contributed by atoms with Crippen LogP contribution < -0.4 is 10.0 Å². The lowest BCUT2D eigenvalue weighted by molar-refractivity contribution is 0.374. The topological polar surface area (TPSA) is 97.1 Å². The minimum Gasteiger partial charge on any atom is -0.339 e. The molecule has 2 N–H and O–H groups in total. The van der Waals surface area contributed by atoms with Crippen LogP contribution in [0.3, 0.4) is 0 Å². The number of nitrogens with one attached hydrogen (secondary N) is 2. The number of hydrogen-bond donors (Lipinski definition) is 2. The summed E-state index contributed by atoms with van der Waals surface area (Å²) >= 11 is 0. The van der Waals surface area contributed by atoms with Crippen molar-refractivity contribution >= 4 is 10.0 Å². The third kappa shape index (κ3) is 3.50. The average molecular weight is 274 g/mol. The molecule has 0 spiro atoms.